The molecule has 1 saturated carbocycles. The van der Waals surface area contributed by atoms with Crippen molar-refractivity contribution in [1.82, 2.24) is 9.88 Å². The van der Waals surface area contributed by atoms with Crippen LogP contribution in [0, 0.1) is 5.92 Å². The summed E-state index contributed by atoms with van der Waals surface area (Å²) in [6, 6.07) is 3.95. The van der Waals surface area contributed by atoms with Crippen molar-refractivity contribution in [3.8, 4) is 0 Å². The monoisotopic (exact) mass is 284 g/mol. The molecule has 88 valence electrons. The zero-order valence-electron chi connectivity index (χ0n) is 9.45. The number of hydrogen-bond donors (Lipinski definition) is 1. The Morgan fingerprint density at radius 3 is 3.00 bits per heavy atom. The van der Waals surface area contributed by atoms with E-state index in [9.17, 15) is 4.79 Å². The molecule has 1 aromatic rings. The highest BCUT2D eigenvalue weighted by atomic mass is 79.9. The van der Waals surface area contributed by atoms with Crippen LogP contribution < -0.4 is 10.9 Å². The van der Waals surface area contributed by atoms with Gasteiger partial charge >= 0.3 is 0 Å². The molecule has 0 aromatic carbocycles. The highest BCUT2D eigenvalue weighted by molar-refractivity contribution is 9.10. The molecule has 0 spiro atoms. The van der Waals surface area contributed by atoms with Gasteiger partial charge in [0.2, 0.25) is 0 Å². The van der Waals surface area contributed by atoms with Gasteiger partial charge in [-0.1, -0.05) is 0 Å². The zero-order chi connectivity index (χ0) is 11.5. The predicted molar refractivity (Wildman–Crippen MR) is 68.6 cm³/mol. The number of rotatable bonds is 5. The van der Waals surface area contributed by atoms with Crippen LogP contribution in [-0.2, 0) is 6.54 Å². The summed E-state index contributed by atoms with van der Waals surface area (Å²) in [4.78, 5) is 11.5. The van der Waals surface area contributed by atoms with Gasteiger partial charge in [0.25, 0.3) is 5.56 Å². The van der Waals surface area contributed by atoms with Crippen LogP contribution in [0.3, 0.4) is 0 Å². The molecule has 0 bridgehead atoms. The lowest BCUT2D eigenvalue weighted by Gasteiger charge is -2.13. The minimum Gasteiger partial charge on any atom is -0.313 e. The Hall–Kier alpha value is -0.610. The van der Waals surface area contributed by atoms with E-state index in [0.717, 1.165) is 23.5 Å². The fourth-order valence-electron chi connectivity index (χ4n) is 1.85. The van der Waals surface area contributed by atoms with E-state index in [4.69, 9.17) is 0 Å². The second-order valence-corrected chi connectivity index (χ2v) is 5.37. The maximum absolute atomic E-state index is 11.5. The molecular formula is C12H17BrN2O. The minimum atomic E-state index is 0.0593. The summed E-state index contributed by atoms with van der Waals surface area (Å²) >= 11 is 3.37. The van der Waals surface area contributed by atoms with E-state index in [0.29, 0.717) is 6.04 Å². The molecule has 1 aliphatic carbocycles. The Balaban J connectivity index is 1.84. The van der Waals surface area contributed by atoms with Gasteiger partial charge in [0.1, 0.15) is 0 Å². The molecule has 1 unspecified atom stereocenters. The van der Waals surface area contributed by atoms with Crippen LogP contribution >= 0.6 is 15.9 Å². The lowest BCUT2D eigenvalue weighted by atomic mass is 10.2. The van der Waals surface area contributed by atoms with Crippen LogP contribution in [0.25, 0.3) is 0 Å². The van der Waals surface area contributed by atoms with Crippen LogP contribution in [0.4, 0.5) is 0 Å². The molecule has 0 amide bonds. The number of nitrogens with one attached hydrogen (secondary N) is 1. The maximum atomic E-state index is 11.5. The SMILES string of the molecule is CC(NCCn1cc(Br)ccc1=O)C1CC1. The van der Waals surface area contributed by atoms with E-state index in [2.05, 4.69) is 28.2 Å². The first-order valence-electron chi connectivity index (χ1n) is 5.76. The molecule has 1 N–H and O–H groups in total. The summed E-state index contributed by atoms with van der Waals surface area (Å²) in [6.07, 6.45) is 4.54. The summed E-state index contributed by atoms with van der Waals surface area (Å²) in [6.45, 7) is 3.81. The summed E-state index contributed by atoms with van der Waals surface area (Å²) in [5, 5.41) is 3.46. The van der Waals surface area contributed by atoms with Crippen molar-refractivity contribution >= 4 is 15.9 Å². The number of nitrogens with zero attached hydrogens (tertiary/aromatic N) is 1. The molecule has 1 fully saturated rings. The molecule has 16 heavy (non-hydrogen) atoms. The Kier molecular flexibility index (Phi) is 3.82. The third kappa shape index (κ3) is 3.19. The fourth-order valence-corrected chi connectivity index (χ4v) is 2.23. The summed E-state index contributed by atoms with van der Waals surface area (Å²) in [5.41, 5.74) is 0.0593. The number of aromatic nitrogens is 1. The van der Waals surface area contributed by atoms with Gasteiger partial charge in [-0.3, -0.25) is 4.79 Å². The second kappa shape index (κ2) is 5.15. The van der Waals surface area contributed by atoms with E-state index in [1.54, 1.807) is 16.7 Å². The van der Waals surface area contributed by atoms with Gasteiger partial charge in [0.15, 0.2) is 0 Å². The largest absolute Gasteiger partial charge is 0.313 e. The molecule has 1 atom stereocenters. The lowest BCUT2D eigenvalue weighted by molar-refractivity contribution is 0.472. The Morgan fingerprint density at radius 2 is 2.31 bits per heavy atom. The molecule has 0 saturated heterocycles. The van der Waals surface area contributed by atoms with E-state index in [1.807, 2.05) is 6.20 Å². The smallest absolute Gasteiger partial charge is 0.250 e. The summed E-state index contributed by atoms with van der Waals surface area (Å²) < 4.78 is 2.68. The maximum Gasteiger partial charge on any atom is 0.250 e. The molecule has 1 heterocycles. The third-order valence-electron chi connectivity index (χ3n) is 3.10. The first-order chi connectivity index (χ1) is 7.66. The van der Waals surface area contributed by atoms with Crippen LogP contribution in [0.1, 0.15) is 19.8 Å². The topological polar surface area (TPSA) is 34.0 Å². The van der Waals surface area contributed by atoms with Gasteiger partial charge in [-0.15, -0.1) is 0 Å². The third-order valence-corrected chi connectivity index (χ3v) is 3.56. The highest BCUT2D eigenvalue weighted by Gasteiger charge is 2.27. The molecule has 1 aliphatic rings. The van der Waals surface area contributed by atoms with E-state index < -0.39 is 0 Å². The average Bonchev–Trinajstić information content (AvgIpc) is 3.06. The highest BCUT2D eigenvalue weighted by Crippen LogP contribution is 2.32. The average molecular weight is 285 g/mol. The summed E-state index contributed by atoms with van der Waals surface area (Å²) in [7, 11) is 0. The lowest BCUT2D eigenvalue weighted by Crippen LogP contribution is -2.33. The molecule has 4 heteroatoms. The number of hydrogen-bond acceptors (Lipinski definition) is 2. The van der Waals surface area contributed by atoms with Gasteiger partial charge in [-0.25, -0.2) is 0 Å². The standard InChI is InChI=1S/C12H17BrN2O/c1-9(10-2-3-10)14-6-7-15-8-11(13)4-5-12(15)16/h4-5,8-10,14H,2-3,6-7H2,1H3. The molecule has 0 aliphatic heterocycles. The number of pyridine rings is 1. The van der Waals surface area contributed by atoms with E-state index in [1.165, 1.54) is 12.8 Å². The van der Waals surface area contributed by atoms with Crippen molar-refractivity contribution in [3.63, 3.8) is 0 Å². The Labute approximate surface area is 104 Å². The van der Waals surface area contributed by atoms with Gasteiger partial charge < -0.3 is 9.88 Å². The van der Waals surface area contributed by atoms with Crippen molar-refractivity contribution in [2.45, 2.75) is 32.4 Å². The van der Waals surface area contributed by atoms with Crippen LogP contribution in [0.5, 0.6) is 0 Å². The Morgan fingerprint density at radius 1 is 1.56 bits per heavy atom. The van der Waals surface area contributed by atoms with Gasteiger partial charge in [-0.2, -0.15) is 0 Å². The normalized spacial score (nSPS) is 17.4. The van der Waals surface area contributed by atoms with Crippen LogP contribution in [0.2, 0.25) is 0 Å². The van der Waals surface area contributed by atoms with Gasteiger partial charge in [-0.05, 0) is 47.7 Å². The predicted octanol–water partition coefficient (Wildman–Crippen LogP) is 2.00. The quantitative estimate of drug-likeness (QED) is 0.898. The first kappa shape index (κ1) is 11.9. The molecule has 1 aromatic heterocycles. The Bertz CT molecular complexity index is 412. The van der Waals surface area contributed by atoms with Crippen LogP contribution in [-0.4, -0.2) is 17.2 Å². The van der Waals surface area contributed by atoms with Gasteiger partial charge in [0, 0.05) is 35.9 Å². The van der Waals surface area contributed by atoms with Crippen molar-refractivity contribution in [2.24, 2.45) is 5.92 Å². The molecular weight excluding hydrogens is 268 g/mol. The second-order valence-electron chi connectivity index (χ2n) is 4.46. The van der Waals surface area contributed by atoms with Crippen molar-refractivity contribution in [1.29, 1.82) is 0 Å². The minimum absolute atomic E-state index is 0.0593. The molecule has 2 rings (SSSR count). The molecule has 0 radical (unpaired) electrons. The zero-order valence-corrected chi connectivity index (χ0v) is 11.0. The van der Waals surface area contributed by atoms with Gasteiger partial charge in [0.05, 0.1) is 0 Å². The van der Waals surface area contributed by atoms with Crippen molar-refractivity contribution in [2.75, 3.05) is 6.54 Å². The molecule has 3 nitrogen and oxygen atoms in total. The summed E-state index contributed by atoms with van der Waals surface area (Å²) in [5.74, 6) is 0.860. The first-order valence-corrected chi connectivity index (χ1v) is 6.55. The van der Waals surface area contributed by atoms with Crippen molar-refractivity contribution < 1.29 is 0 Å². The fraction of sp³-hybridized carbons (Fsp3) is 0.583. The van der Waals surface area contributed by atoms with Crippen LogP contribution in [0.15, 0.2) is 27.6 Å². The van der Waals surface area contributed by atoms with E-state index in [-0.39, 0.29) is 5.56 Å². The van der Waals surface area contributed by atoms with Crippen molar-refractivity contribution in [3.05, 3.63) is 33.2 Å². The number of halogens is 1. The van der Waals surface area contributed by atoms with E-state index >= 15 is 0 Å².